The second-order valence-electron chi connectivity index (χ2n) is 3.99. The molecular formula is C14H15N3O. The van der Waals surface area contributed by atoms with Crippen LogP contribution in [-0.2, 0) is 0 Å². The van der Waals surface area contributed by atoms with Gasteiger partial charge in [0, 0.05) is 18.9 Å². The molecule has 0 aliphatic heterocycles. The van der Waals surface area contributed by atoms with Gasteiger partial charge in [0.1, 0.15) is 0 Å². The van der Waals surface area contributed by atoms with Crippen LogP contribution in [0.4, 0.5) is 11.4 Å². The van der Waals surface area contributed by atoms with Crippen LogP contribution in [0.3, 0.4) is 0 Å². The zero-order chi connectivity index (χ0) is 13.0. The number of anilines is 2. The molecule has 0 saturated heterocycles. The maximum absolute atomic E-state index is 12.1. The summed E-state index contributed by atoms with van der Waals surface area (Å²) in [5.41, 5.74) is 3.19. The summed E-state index contributed by atoms with van der Waals surface area (Å²) in [4.78, 5) is 16.1. The summed E-state index contributed by atoms with van der Waals surface area (Å²) in [5, 5.41) is 5.82. The highest BCUT2D eigenvalue weighted by Gasteiger charge is 2.10. The molecule has 0 fully saturated rings. The molecular weight excluding hydrogens is 226 g/mol. The molecule has 4 heteroatoms. The number of benzene rings is 1. The van der Waals surface area contributed by atoms with Crippen molar-refractivity contribution in [1.29, 1.82) is 0 Å². The van der Waals surface area contributed by atoms with Crippen molar-refractivity contribution in [2.45, 2.75) is 6.92 Å². The van der Waals surface area contributed by atoms with Crippen molar-refractivity contribution in [2.24, 2.45) is 0 Å². The van der Waals surface area contributed by atoms with Crippen molar-refractivity contribution < 1.29 is 4.79 Å². The molecule has 0 saturated carbocycles. The monoisotopic (exact) mass is 241 g/mol. The second-order valence-corrected chi connectivity index (χ2v) is 3.99. The van der Waals surface area contributed by atoms with Gasteiger partial charge in [-0.25, -0.2) is 0 Å². The number of amides is 1. The third kappa shape index (κ3) is 2.66. The molecule has 0 aliphatic carbocycles. The van der Waals surface area contributed by atoms with E-state index in [-0.39, 0.29) is 5.91 Å². The van der Waals surface area contributed by atoms with Crippen molar-refractivity contribution in [3.05, 3.63) is 53.9 Å². The van der Waals surface area contributed by atoms with Crippen molar-refractivity contribution in [3.63, 3.8) is 0 Å². The quantitative estimate of drug-likeness (QED) is 0.868. The molecule has 0 spiro atoms. The van der Waals surface area contributed by atoms with Gasteiger partial charge in [0.15, 0.2) is 0 Å². The van der Waals surface area contributed by atoms with Crippen LogP contribution in [0, 0.1) is 6.92 Å². The first-order chi connectivity index (χ1) is 8.70. The lowest BCUT2D eigenvalue weighted by Crippen LogP contribution is -2.14. The fourth-order valence-corrected chi connectivity index (χ4v) is 1.71. The number of nitrogens with zero attached hydrogens (tertiary/aromatic N) is 1. The van der Waals surface area contributed by atoms with E-state index in [9.17, 15) is 4.79 Å². The topological polar surface area (TPSA) is 54.0 Å². The predicted octanol–water partition coefficient (Wildman–Crippen LogP) is 2.68. The maximum atomic E-state index is 12.1. The Morgan fingerprint density at radius 3 is 2.83 bits per heavy atom. The highest BCUT2D eigenvalue weighted by atomic mass is 16.1. The van der Waals surface area contributed by atoms with Crippen LogP contribution in [0.5, 0.6) is 0 Å². The van der Waals surface area contributed by atoms with E-state index >= 15 is 0 Å². The van der Waals surface area contributed by atoms with Crippen LogP contribution in [0.25, 0.3) is 0 Å². The molecule has 18 heavy (non-hydrogen) atoms. The highest BCUT2D eigenvalue weighted by molar-refractivity contribution is 6.07. The van der Waals surface area contributed by atoms with Gasteiger partial charge < -0.3 is 10.6 Å². The van der Waals surface area contributed by atoms with E-state index < -0.39 is 0 Å². The molecule has 1 aromatic carbocycles. The number of hydrogen-bond donors (Lipinski definition) is 2. The summed E-state index contributed by atoms with van der Waals surface area (Å²) in [5.74, 6) is -0.146. The van der Waals surface area contributed by atoms with Gasteiger partial charge >= 0.3 is 0 Å². The minimum absolute atomic E-state index is 0.146. The van der Waals surface area contributed by atoms with E-state index in [1.165, 1.54) is 0 Å². The van der Waals surface area contributed by atoms with E-state index in [1.807, 2.05) is 31.2 Å². The van der Waals surface area contributed by atoms with E-state index in [0.29, 0.717) is 11.3 Å². The maximum Gasteiger partial charge on any atom is 0.257 e. The number of nitrogens with one attached hydrogen (secondary N) is 2. The third-order valence-corrected chi connectivity index (χ3v) is 2.61. The van der Waals surface area contributed by atoms with Gasteiger partial charge in [0.25, 0.3) is 5.91 Å². The summed E-state index contributed by atoms with van der Waals surface area (Å²) in [6, 6.07) is 9.39. The Balaban J connectivity index is 2.22. The lowest BCUT2D eigenvalue weighted by molar-refractivity contribution is 0.102. The summed E-state index contributed by atoms with van der Waals surface area (Å²) in [6.07, 6.45) is 3.23. The first-order valence-corrected chi connectivity index (χ1v) is 5.70. The lowest BCUT2D eigenvalue weighted by atomic mass is 10.2. The summed E-state index contributed by atoms with van der Waals surface area (Å²) in [6.45, 7) is 1.99. The Morgan fingerprint density at radius 2 is 2.11 bits per heavy atom. The van der Waals surface area contributed by atoms with Crippen LogP contribution >= 0.6 is 0 Å². The number of aryl methyl sites for hydroxylation is 1. The van der Waals surface area contributed by atoms with Gasteiger partial charge in [0.2, 0.25) is 0 Å². The Labute approximate surface area is 106 Å². The van der Waals surface area contributed by atoms with Gasteiger partial charge in [-0.2, -0.15) is 0 Å². The molecule has 1 amide bonds. The van der Waals surface area contributed by atoms with Crippen molar-refractivity contribution in [3.8, 4) is 0 Å². The SMILES string of the molecule is CNc1cnccc1C(=O)Nc1cccc(C)c1. The van der Waals surface area contributed by atoms with Crippen LogP contribution in [0.15, 0.2) is 42.7 Å². The smallest absolute Gasteiger partial charge is 0.257 e. The predicted molar refractivity (Wildman–Crippen MR) is 72.9 cm³/mol. The third-order valence-electron chi connectivity index (χ3n) is 2.61. The van der Waals surface area contributed by atoms with E-state index in [0.717, 1.165) is 11.3 Å². The molecule has 0 atom stereocenters. The molecule has 0 bridgehead atoms. The number of pyridine rings is 1. The number of rotatable bonds is 3. The molecule has 2 N–H and O–H groups in total. The average Bonchev–Trinajstić information content (AvgIpc) is 2.38. The van der Waals surface area contributed by atoms with Gasteiger partial charge in [-0.05, 0) is 30.7 Å². The van der Waals surface area contributed by atoms with Crippen molar-refractivity contribution in [1.82, 2.24) is 4.98 Å². The normalized spacial score (nSPS) is 9.89. The van der Waals surface area contributed by atoms with Crippen molar-refractivity contribution in [2.75, 3.05) is 17.7 Å². The summed E-state index contributed by atoms with van der Waals surface area (Å²) < 4.78 is 0. The molecule has 1 aromatic heterocycles. The Bertz CT molecular complexity index is 566. The average molecular weight is 241 g/mol. The van der Waals surface area contributed by atoms with Gasteiger partial charge in [0.05, 0.1) is 17.4 Å². The van der Waals surface area contributed by atoms with Gasteiger partial charge in [-0.3, -0.25) is 9.78 Å². The largest absolute Gasteiger partial charge is 0.386 e. The minimum atomic E-state index is -0.146. The summed E-state index contributed by atoms with van der Waals surface area (Å²) >= 11 is 0. The molecule has 0 unspecified atom stereocenters. The number of hydrogen-bond acceptors (Lipinski definition) is 3. The van der Waals surface area contributed by atoms with E-state index in [2.05, 4.69) is 15.6 Å². The fraction of sp³-hybridized carbons (Fsp3) is 0.143. The Kier molecular flexibility index (Phi) is 3.57. The Morgan fingerprint density at radius 1 is 1.28 bits per heavy atom. The number of carbonyl (C=O) groups excluding carboxylic acids is 1. The lowest BCUT2D eigenvalue weighted by Gasteiger charge is -2.09. The van der Waals surface area contributed by atoms with Crippen LogP contribution in [0.1, 0.15) is 15.9 Å². The molecule has 0 radical (unpaired) electrons. The van der Waals surface area contributed by atoms with E-state index in [1.54, 1.807) is 25.5 Å². The van der Waals surface area contributed by atoms with E-state index in [4.69, 9.17) is 0 Å². The van der Waals surface area contributed by atoms with Crippen molar-refractivity contribution >= 4 is 17.3 Å². The molecule has 4 nitrogen and oxygen atoms in total. The van der Waals surface area contributed by atoms with Crippen LogP contribution in [-0.4, -0.2) is 17.9 Å². The zero-order valence-electron chi connectivity index (χ0n) is 10.4. The second kappa shape index (κ2) is 5.31. The molecule has 0 aliphatic rings. The first kappa shape index (κ1) is 12.1. The van der Waals surface area contributed by atoms with Crippen LogP contribution < -0.4 is 10.6 Å². The van der Waals surface area contributed by atoms with Gasteiger partial charge in [-0.1, -0.05) is 12.1 Å². The Hall–Kier alpha value is -2.36. The highest BCUT2D eigenvalue weighted by Crippen LogP contribution is 2.16. The van der Waals surface area contributed by atoms with Crippen LogP contribution in [0.2, 0.25) is 0 Å². The minimum Gasteiger partial charge on any atom is -0.386 e. The summed E-state index contributed by atoms with van der Waals surface area (Å²) in [7, 11) is 1.76. The molecule has 1 heterocycles. The first-order valence-electron chi connectivity index (χ1n) is 5.70. The molecule has 2 rings (SSSR count). The number of carbonyl (C=O) groups is 1. The standard InChI is InChI=1S/C14H15N3O/c1-10-4-3-5-11(8-10)17-14(18)12-6-7-16-9-13(12)15-2/h3-9,15H,1-2H3,(H,17,18). The fourth-order valence-electron chi connectivity index (χ4n) is 1.71. The van der Waals surface area contributed by atoms with Gasteiger partial charge in [-0.15, -0.1) is 0 Å². The molecule has 92 valence electrons. The zero-order valence-corrected chi connectivity index (χ0v) is 10.4. The number of aromatic nitrogens is 1. The molecule has 2 aromatic rings.